The van der Waals surface area contributed by atoms with Crippen molar-refractivity contribution in [2.24, 2.45) is 10.7 Å². The van der Waals surface area contributed by atoms with Crippen molar-refractivity contribution in [1.29, 1.82) is 0 Å². The molecule has 3 N–H and O–H groups in total. The molecule has 0 spiro atoms. The van der Waals surface area contributed by atoms with Crippen LogP contribution in [0.15, 0.2) is 29.3 Å². The van der Waals surface area contributed by atoms with Crippen molar-refractivity contribution in [3.05, 3.63) is 29.8 Å². The van der Waals surface area contributed by atoms with Gasteiger partial charge in [-0.15, -0.1) is 0 Å². The number of nitrogens with zero attached hydrogens (tertiary/aromatic N) is 1. The van der Waals surface area contributed by atoms with Crippen molar-refractivity contribution in [3.63, 3.8) is 0 Å². The lowest BCUT2D eigenvalue weighted by Gasteiger charge is -2.26. The number of guanidine groups is 1. The highest BCUT2D eigenvalue weighted by atomic mass is 19.3. The van der Waals surface area contributed by atoms with Gasteiger partial charge >= 0.3 is 6.61 Å². The van der Waals surface area contributed by atoms with Crippen LogP contribution in [0.25, 0.3) is 0 Å². The molecule has 0 radical (unpaired) electrons. The van der Waals surface area contributed by atoms with Crippen LogP contribution >= 0.6 is 0 Å². The van der Waals surface area contributed by atoms with Gasteiger partial charge in [-0.2, -0.15) is 8.78 Å². The summed E-state index contributed by atoms with van der Waals surface area (Å²) in [5.74, 6) is 0.807. The molecular weight excluding hydrogens is 276 g/mol. The molecule has 2 aliphatic rings. The Hall–Kier alpha value is -1.85. The van der Waals surface area contributed by atoms with Crippen LogP contribution in [-0.2, 0) is 0 Å². The van der Waals surface area contributed by atoms with E-state index in [2.05, 4.69) is 15.0 Å². The Kier molecular flexibility index (Phi) is 3.94. The van der Waals surface area contributed by atoms with E-state index in [1.54, 1.807) is 12.1 Å². The predicted molar refractivity (Wildman–Crippen MR) is 76.6 cm³/mol. The van der Waals surface area contributed by atoms with Crippen molar-refractivity contribution in [2.45, 2.75) is 50.3 Å². The van der Waals surface area contributed by atoms with Crippen LogP contribution in [-0.4, -0.2) is 24.7 Å². The van der Waals surface area contributed by atoms with Gasteiger partial charge in [-0.3, -0.25) is 0 Å². The number of aliphatic imine (C=N–C) groups is 1. The van der Waals surface area contributed by atoms with Crippen molar-refractivity contribution in [3.8, 4) is 5.75 Å². The van der Waals surface area contributed by atoms with Crippen LogP contribution in [0.5, 0.6) is 5.75 Å². The Morgan fingerprint density at radius 1 is 1.33 bits per heavy atom. The maximum atomic E-state index is 12.4. The van der Waals surface area contributed by atoms with Gasteiger partial charge in [-0.25, -0.2) is 4.99 Å². The Morgan fingerprint density at radius 3 is 2.76 bits per heavy atom. The van der Waals surface area contributed by atoms with E-state index in [9.17, 15) is 8.78 Å². The van der Waals surface area contributed by atoms with Crippen LogP contribution in [0, 0.1) is 0 Å². The first kappa shape index (κ1) is 14.1. The van der Waals surface area contributed by atoms with Gasteiger partial charge in [0.25, 0.3) is 0 Å². The zero-order valence-corrected chi connectivity index (χ0v) is 11.6. The molecule has 2 saturated carbocycles. The SMILES string of the molecule is NC(=N[C@H]1C[C@@H]1c1ccccc1OC(F)F)NC1CCC1. The summed E-state index contributed by atoms with van der Waals surface area (Å²) >= 11 is 0. The number of hydrogen-bond donors (Lipinski definition) is 2. The monoisotopic (exact) mass is 295 g/mol. The first-order valence-electron chi connectivity index (χ1n) is 7.27. The van der Waals surface area contributed by atoms with E-state index in [0.29, 0.717) is 12.0 Å². The number of hydrogen-bond acceptors (Lipinski definition) is 2. The van der Waals surface area contributed by atoms with Gasteiger partial charge in [0.2, 0.25) is 0 Å². The minimum absolute atomic E-state index is 0.0556. The molecule has 1 aromatic rings. The normalized spacial score (nSPS) is 25.6. The second-order valence-electron chi connectivity index (χ2n) is 5.61. The summed E-state index contributed by atoms with van der Waals surface area (Å²) in [7, 11) is 0. The molecule has 0 heterocycles. The van der Waals surface area contributed by atoms with Crippen molar-refractivity contribution < 1.29 is 13.5 Å². The Balaban J connectivity index is 1.63. The second kappa shape index (κ2) is 5.87. The number of ether oxygens (including phenoxy) is 1. The highest BCUT2D eigenvalue weighted by Crippen LogP contribution is 2.47. The van der Waals surface area contributed by atoms with E-state index in [4.69, 9.17) is 5.73 Å². The standard InChI is InChI=1S/C15H19F2N3O/c16-14(17)21-13-7-2-1-6-10(13)11-8-12(11)20-15(18)19-9-4-3-5-9/h1-2,6-7,9,11-12,14H,3-5,8H2,(H3,18,19,20)/t11-,12+/m1/s1. The Labute approximate surface area is 122 Å². The first-order chi connectivity index (χ1) is 10.1. The average Bonchev–Trinajstić information content (AvgIpc) is 3.13. The summed E-state index contributed by atoms with van der Waals surface area (Å²) in [4.78, 5) is 4.43. The van der Waals surface area contributed by atoms with E-state index >= 15 is 0 Å². The third-order valence-corrected chi connectivity index (χ3v) is 4.05. The Morgan fingerprint density at radius 2 is 2.10 bits per heavy atom. The fourth-order valence-corrected chi connectivity index (χ4v) is 2.63. The molecule has 4 nitrogen and oxygen atoms in total. The smallest absolute Gasteiger partial charge is 0.387 e. The van der Waals surface area contributed by atoms with Crippen molar-refractivity contribution in [1.82, 2.24) is 5.32 Å². The summed E-state index contributed by atoms with van der Waals surface area (Å²) in [6, 6.07) is 7.39. The number of benzene rings is 1. The molecule has 0 amide bonds. The lowest BCUT2D eigenvalue weighted by atomic mass is 9.93. The maximum Gasteiger partial charge on any atom is 0.387 e. The summed E-state index contributed by atoms with van der Waals surface area (Å²) in [6.07, 6.45) is 4.32. The van der Waals surface area contributed by atoms with Crippen molar-refractivity contribution >= 4 is 5.96 Å². The zero-order valence-electron chi connectivity index (χ0n) is 11.6. The summed E-state index contributed by atoms with van der Waals surface area (Å²) in [5.41, 5.74) is 6.65. The number of alkyl halides is 2. The van der Waals surface area contributed by atoms with E-state index in [1.807, 2.05) is 12.1 Å². The summed E-state index contributed by atoms with van der Waals surface area (Å²) < 4.78 is 29.4. The molecule has 1 aromatic carbocycles. The van der Waals surface area contributed by atoms with Gasteiger partial charge in [0.05, 0.1) is 6.04 Å². The average molecular weight is 295 g/mol. The fraction of sp³-hybridized carbons (Fsp3) is 0.533. The molecule has 2 atom stereocenters. The van der Waals surface area contributed by atoms with E-state index < -0.39 is 6.61 Å². The highest BCUT2D eigenvalue weighted by molar-refractivity contribution is 5.78. The largest absolute Gasteiger partial charge is 0.435 e. The van der Waals surface area contributed by atoms with Gasteiger partial charge in [-0.1, -0.05) is 18.2 Å². The number of nitrogens with one attached hydrogen (secondary N) is 1. The molecule has 0 aliphatic heterocycles. The fourth-order valence-electron chi connectivity index (χ4n) is 2.63. The molecule has 21 heavy (non-hydrogen) atoms. The summed E-state index contributed by atoms with van der Waals surface area (Å²) in [5, 5.41) is 3.18. The lowest BCUT2D eigenvalue weighted by Crippen LogP contribution is -2.43. The molecule has 114 valence electrons. The molecule has 2 fully saturated rings. The van der Waals surface area contributed by atoms with Gasteiger partial charge in [0.1, 0.15) is 5.75 Å². The Bertz CT molecular complexity index is 531. The minimum atomic E-state index is -2.81. The topological polar surface area (TPSA) is 59.6 Å². The minimum Gasteiger partial charge on any atom is -0.435 e. The van der Waals surface area contributed by atoms with Gasteiger partial charge in [0.15, 0.2) is 5.96 Å². The molecule has 0 saturated heterocycles. The maximum absolute atomic E-state index is 12.4. The van der Waals surface area contributed by atoms with Gasteiger partial charge < -0.3 is 15.8 Å². The van der Waals surface area contributed by atoms with E-state index in [-0.39, 0.29) is 17.7 Å². The van der Waals surface area contributed by atoms with Gasteiger partial charge in [0, 0.05) is 12.0 Å². The molecule has 0 unspecified atom stereocenters. The molecule has 3 rings (SSSR count). The van der Waals surface area contributed by atoms with Crippen LogP contribution in [0.4, 0.5) is 8.78 Å². The number of para-hydroxylation sites is 1. The van der Waals surface area contributed by atoms with E-state index in [0.717, 1.165) is 24.8 Å². The lowest BCUT2D eigenvalue weighted by molar-refractivity contribution is -0.0504. The molecule has 6 heteroatoms. The number of nitrogens with two attached hydrogens (primary N) is 1. The summed E-state index contributed by atoms with van der Waals surface area (Å²) in [6.45, 7) is -2.81. The molecular formula is C15H19F2N3O. The van der Waals surface area contributed by atoms with Gasteiger partial charge in [-0.05, 0) is 37.3 Å². The van der Waals surface area contributed by atoms with Crippen LogP contribution in [0.3, 0.4) is 0 Å². The molecule has 0 bridgehead atoms. The van der Waals surface area contributed by atoms with E-state index in [1.165, 1.54) is 6.42 Å². The molecule has 0 aromatic heterocycles. The second-order valence-corrected chi connectivity index (χ2v) is 5.61. The molecule has 2 aliphatic carbocycles. The third kappa shape index (κ3) is 3.43. The first-order valence-corrected chi connectivity index (χ1v) is 7.27. The number of halogens is 2. The number of rotatable bonds is 5. The predicted octanol–water partition coefficient (Wildman–Crippen LogP) is 2.60. The van der Waals surface area contributed by atoms with Crippen LogP contribution < -0.4 is 15.8 Å². The highest BCUT2D eigenvalue weighted by Gasteiger charge is 2.40. The van der Waals surface area contributed by atoms with Crippen molar-refractivity contribution in [2.75, 3.05) is 0 Å². The third-order valence-electron chi connectivity index (χ3n) is 4.05. The zero-order chi connectivity index (χ0) is 14.8. The quantitative estimate of drug-likeness (QED) is 0.648. The van der Waals surface area contributed by atoms with Crippen LogP contribution in [0.1, 0.15) is 37.2 Å². The van der Waals surface area contributed by atoms with Crippen LogP contribution in [0.2, 0.25) is 0 Å².